The average molecular weight is 427 g/mol. The molecular weight excluding hydrogens is 400 g/mol. The summed E-state index contributed by atoms with van der Waals surface area (Å²) in [6, 6.07) is 14.7. The smallest absolute Gasteiger partial charge is 0.254 e. The largest absolute Gasteiger partial charge is 0.383 e. The first kappa shape index (κ1) is 20.9. The minimum Gasteiger partial charge on any atom is -0.383 e. The van der Waals surface area contributed by atoms with E-state index in [0.717, 1.165) is 37.7 Å². The van der Waals surface area contributed by atoms with Crippen LogP contribution in [-0.2, 0) is 9.53 Å². The van der Waals surface area contributed by atoms with Gasteiger partial charge < -0.3 is 15.0 Å². The monoisotopic (exact) mass is 426 g/mol. The highest BCUT2D eigenvalue weighted by molar-refractivity contribution is 6.30. The van der Waals surface area contributed by atoms with Crippen molar-refractivity contribution in [3.63, 3.8) is 0 Å². The fourth-order valence-corrected chi connectivity index (χ4v) is 5.32. The van der Waals surface area contributed by atoms with E-state index in [1.165, 1.54) is 0 Å². The molecule has 6 heteroatoms. The minimum atomic E-state index is -0.537. The highest BCUT2D eigenvalue weighted by Crippen LogP contribution is 2.49. The molecule has 1 heterocycles. The summed E-state index contributed by atoms with van der Waals surface area (Å²) in [6.45, 7) is 0.920. The molecule has 1 aliphatic carbocycles. The van der Waals surface area contributed by atoms with Gasteiger partial charge in [0.2, 0.25) is 5.91 Å². The Kier molecular flexibility index (Phi) is 6.11. The number of ether oxygens (including phenoxy) is 1. The van der Waals surface area contributed by atoms with Crippen molar-refractivity contribution >= 4 is 29.1 Å². The van der Waals surface area contributed by atoms with Gasteiger partial charge in [0.05, 0.1) is 18.1 Å². The molecule has 1 N–H and O–H groups in total. The van der Waals surface area contributed by atoms with Crippen molar-refractivity contribution in [2.45, 2.75) is 43.6 Å². The maximum absolute atomic E-state index is 13.7. The molecule has 5 nitrogen and oxygen atoms in total. The van der Waals surface area contributed by atoms with Gasteiger partial charge in [-0.05, 0) is 42.7 Å². The maximum atomic E-state index is 13.7. The average Bonchev–Trinajstić information content (AvgIpc) is 2.74. The molecule has 0 radical (unpaired) electrons. The van der Waals surface area contributed by atoms with Crippen LogP contribution in [0.3, 0.4) is 0 Å². The summed E-state index contributed by atoms with van der Waals surface area (Å²) in [7, 11) is 1.64. The van der Waals surface area contributed by atoms with E-state index in [9.17, 15) is 9.59 Å². The SMILES string of the molecule is COCCN1C(=O)c2ccccc2C(C(=O)Nc2cccc(Cl)c2)C12CCCCC2. The number of nitrogens with zero attached hydrogens (tertiary/aromatic N) is 1. The molecule has 158 valence electrons. The van der Waals surface area contributed by atoms with Crippen LogP contribution in [0, 0.1) is 0 Å². The van der Waals surface area contributed by atoms with Crippen molar-refractivity contribution in [2.24, 2.45) is 0 Å². The molecule has 1 fully saturated rings. The number of carbonyl (C=O) groups is 2. The summed E-state index contributed by atoms with van der Waals surface area (Å²) in [5, 5.41) is 3.63. The van der Waals surface area contributed by atoms with Crippen LogP contribution < -0.4 is 5.32 Å². The van der Waals surface area contributed by atoms with E-state index in [1.807, 2.05) is 41.3 Å². The van der Waals surface area contributed by atoms with Crippen LogP contribution in [-0.4, -0.2) is 42.5 Å². The van der Waals surface area contributed by atoms with Crippen molar-refractivity contribution in [1.29, 1.82) is 0 Å². The summed E-state index contributed by atoms with van der Waals surface area (Å²) in [4.78, 5) is 29.1. The van der Waals surface area contributed by atoms with E-state index < -0.39 is 11.5 Å². The fourth-order valence-electron chi connectivity index (χ4n) is 5.13. The van der Waals surface area contributed by atoms with Gasteiger partial charge in [0.25, 0.3) is 5.91 Å². The highest BCUT2D eigenvalue weighted by atomic mass is 35.5. The lowest BCUT2D eigenvalue weighted by Crippen LogP contribution is -2.62. The van der Waals surface area contributed by atoms with Crippen molar-refractivity contribution < 1.29 is 14.3 Å². The number of rotatable bonds is 5. The summed E-state index contributed by atoms with van der Waals surface area (Å²) < 4.78 is 5.31. The molecule has 0 saturated heterocycles. The Morgan fingerprint density at radius 3 is 2.67 bits per heavy atom. The third-order valence-electron chi connectivity index (χ3n) is 6.42. The molecule has 2 aliphatic rings. The topological polar surface area (TPSA) is 58.6 Å². The number of fused-ring (bicyclic) bond motifs is 1. The van der Waals surface area contributed by atoms with Crippen molar-refractivity contribution in [2.75, 3.05) is 25.6 Å². The van der Waals surface area contributed by atoms with Gasteiger partial charge in [-0.2, -0.15) is 0 Å². The predicted molar refractivity (Wildman–Crippen MR) is 118 cm³/mol. The fraction of sp³-hybridized carbons (Fsp3) is 0.417. The van der Waals surface area contributed by atoms with E-state index in [2.05, 4.69) is 5.32 Å². The Morgan fingerprint density at radius 2 is 1.93 bits per heavy atom. The lowest BCUT2D eigenvalue weighted by molar-refractivity contribution is -0.122. The van der Waals surface area contributed by atoms with Gasteiger partial charge in [0.1, 0.15) is 0 Å². The Balaban J connectivity index is 1.80. The van der Waals surface area contributed by atoms with Gasteiger partial charge in [0.15, 0.2) is 0 Å². The summed E-state index contributed by atoms with van der Waals surface area (Å²) in [5.74, 6) is -0.541. The Labute approximate surface area is 182 Å². The molecular formula is C24H27ClN2O3. The maximum Gasteiger partial charge on any atom is 0.254 e. The molecule has 1 unspecified atom stereocenters. The Morgan fingerprint density at radius 1 is 1.17 bits per heavy atom. The highest BCUT2D eigenvalue weighted by Gasteiger charge is 2.54. The van der Waals surface area contributed by atoms with Crippen molar-refractivity contribution in [3.8, 4) is 0 Å². The van der Waals surface area contributed by atoms with Gasteiger partial charge in [-0.15, -0.1) is 0 Å². The van der Waals surface area contributed by atoms with Crippen LogP contribution >= 0.6 is 11.6 Å². The van der Waals surface area contributed by atoms with Gasteiger partial charge >= 0.3 is 0 Å². The zero-order valence-corrected chi connectivity index (χ0v) is 18.0. The zero-order valence-electron chi connectivity index (χ0n) is 17.2. The number of amides is 2. The second-order valence-corrected chi connectivity index (χ2v) is 8.57. The summed E-state index contributed by atoms with van der Waals surface area (Å²) in [6.07, 6.45) is 4.74. The Hall–Kier alpha value is -2.37. The first-order chi connectivity index (χ1) is 14.6. The van der Waals surface area contributed by atoms with Gasteiger partial charge in [-0.3, -0.25) is 9.59 Å². The van der Waals surface area contributed by atoms with E-state index in [4.69, 9.17) is 16.3 Å². The van der Waals surface area contributed by atoms with Crippen LogP contribution in [0.2, 0.25) is 5.02 Å². The first-order valence-corrected chi connectivity index (χ1v) is 10.9. The summed E-state index contributed by atoms with van der Waals surface area (Å²) in [5.41, 5.74) is 1.55. The van der Waals surface area contributed by atoms with E-state index in [0.29, 0.717) is 29.4 Å². The molecule has 0 aromatic heterocycles. The molecule has 2 aromatic rings. The van der Waals surface area contributed by atoms with Crippen LogP contribution in [0.15, 0.2) is 48.5 Å². The predicted octanol–water partition coefficient (Wildman–Crippen LogP) is 4.87. The molecule has 2 aromatic carbocycles. The molecule has 1 aliphatic heterocycles. The zero-order chi connectivity index (χ0) is 21.1. The number of methoxy groups -OCH3 is 1. The molecule has 1 spiro atoms. The molecule has 30 heavy (non-hydrogen) atoms. The minimum absolute atomic E-state index is 0.00337. The van der Waals surface area contributed by atoms with Crippen LogP contribution in [0.1, 0.15) is 53.9 Å². The first-order valence-electron chi connectivity index (χ1n) is 10.5. The van der Waals surface area contributed by atoms with Crippen LogP contribution in [0.4, 0.5) is 5.69 Å². The van der Waals surface area contributed by atoms with Crippen LogP contribution in [0.5, 0.6) is 0 Å². The quantitative estimate of drug-likeness (QED) is 0.742. The standard InChI is InChI=1S/C24H27ClN2O3/c1-30-15-14-27-23(29)20-11-4-3-10-19(20)21(24(27)12-5-2-6-13-24)22(28)26-18-9-7-8-17(25)16-18/h3-4,7-11,16,21H,2,5-6,12-15H2,1H3,(H,26,28). The van der Waals surface area contributed by atoms with E-state index in [1.54, 1.807) is 19.2 Å². The normalized spacial score (nSPS) is 20.1. The molecule has 2 amide bonds. The lowest BCUT2D eigenvalue weighted by atomic mass is 9.65. The molecule has 0 bridgehead atoms. The third-order valence-corrected chi connectivity index (χ3v) is 6.65. The van der Waals surface area contributed by atoms with Gasteiger partial charge in [-0.25, -0.2) is 0 Å². The molecule has 1 saturated carbocycles. The second-order valence-electron chi connectivity index (χ2n) is 8.13. The van der Waals surface area contributed by atoms with Gasteiger partial charge in [-0.1, -0.05) is 55.1 Å². The number of anilines is 1. The number of carbonyl (C=O) groups excluding carboxylic acids is 2. The number of nitrogens with one attached hydrogen (secondary N) is 1. The van der Waals surface area contributed by atoms with Crippen molar-refractivity contribution in [3.05, 3.63) is 64.7 Å². The van der Waals surface area contributed by atoms with E-state index >= 15 is 0 Å². The third kappa shape index (κ3) is 3.72. The second kappa shape index (κ2) is 8.78. The molecule has 4 rings (SSSR count). The Bertz CT molecular complexity index is 940. The number of benzene rings is 2. The van der Waals surface area contributed by atoms with Crippen LogP contribution in [0.25, 0.3) is 0 Å². The number of hydrogen-bond acceptors (Lipinski definition) is 3. The van der Waals surface area contributed by atoms with E-state index in [-0.39, 0.29) is 11.8 Å². The molecule has 1 atom stereocenters. The number of hydrogen-bond donors (Lipinski definition) is 1. The number of halogens is 1. The lowest BCUT2D eigenvalue weighted by Gasteiger charge is -2.53. The summed E-state index contributed by atoms with van der Waals surface area (Å²) >= 11 is 6.12. The van der Waals surface area contributed by atoms with Crippen molar-refractivity contribution in [1.82, 2.24) is 4.90 Å². The van der Waals surface area contributed by atoms with Gasteiger partial charge in [0, 0.05) is 29.9 Å².